The summed E-state index contributed by atoms with van der Waals surface area (Å²) in [7, 11) is 0. The highest BCUT2D eigenvalue weighted by atomic mass is 32.1. The van der Waals surface area contributed by atoms with Gasteiger partial charge in [0, 0.05) is 16.1 Å². The zero-order chi connectivity index (χ0) is 12.5. The van der Waals surface area contributed by atoms with Gasteiger partial charge in [0.25, 0.3) is 0 Å². The molecule has 1 aliphatic carbocycles. The van der Waals surface area contributed by atoms with Crippen LogP contribution in [-0.2, 0) is 12.8 Å². The molecular weight excluding hydrogens is 240 g/mol. The second kappa shape index (κ2) is 4.73. The first-order chi connectivity index (χ1) is 8.76. The Morgan fingerprint density at radius 2 is 2.11 bits per heavy atom. The summed E-state index contributed by atoms with van der Waals surface area (Å²) >= 11 is 1.86. The molecule has 3 rings (SSSR count). The van der Waals surface area contributed by atoms with Gasteiger partial charge in [0.1, 0.15) is 5.01 Å². The summed E-state index contributed by atoms with van der Waals surface area (Å²) in [5.74, 6) is 0.859. The summed E-state index contributed by atoms with van der Waals surface area (Å²) in [5, 5.41) is 1.15. The summed E-state index contributed by atoms with van der Waals surface area (Å²) in [6.45, 7) is 2.29. The molecule has 1 atom stereocenters. The van der Waals surface area contributed by atoms with E-state index in [2.05, 4.69) is 19.1 Å². The summed E-state index contributed by atoms with van der Waals surface area (Å²) in [5.41, 5.74) is 9.05. The number of hydrogen-bond acceptors (Lipinski definition) is 3. The Morgan fingerprint density at radius 3 is 2.83 bits per heavy atom. The molecular formula is C15H18N2S. The van der Waals surface area contributed by atoms with Gasteiger partial charge in [-0.1, -0.05) is 13.3 Å². The van der Waals surface area contributed by atoms with Crippen molar-refractivity contribution in [1.29, 1.82) is 0 Å². The average molecular weight is 258 g/mol. The Labute approximate surface area is 112 Å². The molecule has 0 radical (unpaired) electrons. The second-order valence-corrected chi connectivity index (χ2v) is 6.11. The van der Waals surface area contributed by atoms with Gasteiger partial charge in [-0.25, -0.2) is 4.98 Å². The minimum absolute atomic E-state index is 0.811. The zero-order valence-corrected chi connectivity index (χ0v) is 11.5. The lowest BCUT2D eigenvalue weighted by Gasteiger charge is -2.18. The topological polar surface area (TPSA) is 38.9 Å². The van der Waals surface area contributed by atoms with Gasteiger partial charge in [0.15, 0.2) is 0 Å². The number of nitrogen functional groups attached to an aromatic ring is 1. The monoisotopic (exact) mass is 258 g/mol. The van der Waals surface area contributed by atoms with E-state index >= 15 is 0 Å². The summed E-state index contributed by atoms with van der Waals surface area (Å²) in [4.78, 5) is 6.30. The third-order valence-corrected chi connectivity index (χ3v) is 4.95. The highest BCUT2D eigenvalue weighted by Crippen LogP contribution is 2.35. The van der Waals surface area contributed by atoms with Gasteiger partial charge >= 0.3 is 0 Å². The van der Waals surface area contributed by atoms with Gasteiger partial charge in [-0.2, -0.15) is 0 Å². The van der Waals surface area contributed by atoms with E-state index in [-0.39, 0.29) is 0 Å². The van der Waals surface area contributed by atoms with Crippen molar-refractivity contribution in [2.24, 2.45) is 5.92 Å². The van der Waals surface area contributed by atoms with Crippen molar-refractivity contribution in [3.05, 3.63) is 34.8 Å². The van der Waals surface area contributed by atoms with Gasteiger partial charge in [-0.3, -0.25) is 0 Å². The molecule has 1 aromatic heterocycles. The number of aryl methyl sites for hydroxylation is 1. The van der Waals surface area contributed by atoms with E-state index in [4.69, 9.17) is 10.7 Å². The van der Waals surface area contributed by atoms with Gasteiger partial charge in [0.05, 0.1) is 5.69 Å². The van der Waals surface area contributed by atoms with Crippen LogP contribution >= 0.6 is 11.3 Å². The molecule has 94 valence electrons. The maximum Gasteiger partial charge on any atom is 0.123 e. The number of thiazole rings is 1. The lowest BCUT2D eigenvalue weighted by Crippen LogP contribution is -2.11. The van der Waals surface area contributed by atoms with Crippen LogP contribution in [0.4, 0.5) is 5.69 Å². The van der Waals surface area contributed by atoms with Gasteiger partial charge in [0.2, 0.25) is 0 Å². The van der Waals surface area contributed by atoms with Crippen molar-refractivity contribution in [2.45, 2.75) is 32.6 Å². The van der Waals surface area contributed by atoms with Crippen LogP contribution in [0.25, 0.3) is 10.6 Å². The van der Waals surface area contributed by atoms with Crippen molar-refractivity contribution in [3.63, 3.8) is 0 Å². The molecule has 0 bridgehead atoms. The molecule has 3 heteroatoms. The van der Waals surface area contributed by atoms with E-state index in [0.717, 1.165) is 23.0 Å². The van der Waals surface area contributed by atoms with Gasteiger partial charge in [-0.15, -0.1) is 11.3 Å². The molecule has 0 spiro atoms. The van der Waals surface area contributed by atoms with Crippen molar-refractivity contribution < 1.29 is 0 Å². The predicted molar refractivity (Wildman–Crippen MR) is 77.8 cm³/mol. The van der Waals surface area contributed by atoms with E-state index in [0.29, 0.717) is 0 Å². The number of rotatable bonds is 2. The summed E-state index contributed by atoms with van der Waals surface area (Å²) in [6.07, 6.45) is 4.96. The summed E-state index contributed by atoms with van der Waals surface area (Å²) < 4.78 is 0. The van der Waals surface area contributed by atoms with E-state index in [1.807, 2.05) is 23.5 Å². The molecule has 18 heavy (non-hydrogen) atoms. The minimum Gasteiger partial charge on any atom is -0.399 e. The average Bonchev–Trinajstić information content (AvgIpc) is 2.82. The van der Waals surface area contributed by atoms with Crippen LogP contribution in [0, 0.1) is 5.92 Å². The third-order valence-electron chi connectivity index (χ3n) is 3.78. The molecule has 0 aliphatic heterocycles. The maximum absolute atomic E-state index is 5.72. The molecule has 0 amide bonds. The van der Waals surface area contributed by atoms with Crippen LogP contribution < -0.4 is 5.73 Å². The van der Waals surface area contributed by atoms with E-state index in [1.165, 1.54) is 35.4 Å². The zero-order valence-electron chi connectivity index (χ0n) is 10.6. The standard InChI is InChI=1S/C15H18N2S/c1-2-10-3-8-13-14(9-10)18-15(17-13)11-4-6-12(16)7-5-11/h4-7,10H,2-3,8-9,16H2,1H3. The highest BCUT2D eigenvalue weighted by Gasteiger charge is 2.21. The predicted octanol–water partition coefficient (Wildman–Crippen LogP) is 3.91. The second-order valence-electron chi connectivity index (χ2n) is 5.03. The quantitative estimate of drug-likeness (QED) is 0.829. The number of aromatic nitrogens is 1. The number of benzene rings is 1. The Morgan fingerprint density at radius 1 is 1.33 bits per heavy atom. The Bertz CT molecular complexity index is 542. The fourth-order valence-electron chi connectivity index (χ4n) is 2.54. The summed E-state index contributed by atoms with van der Waals surface area (Å²) in [6, 6.07) is 8.03. The fraction of sp³-hybridized carbons (Fsp3) is 0.400. The third kappa shape index (κ3) is 2.15. The maximum atomic E-state index is 5.72. The molecule has 0 saturated heterocycles. The first kappa shape index (κ1) is 11.7. The Kier molecular flexibility index (Phi) is 3.08. The molecule has 1 aromatic carbocycles. The first-order valence-electron chi connectivity index (χ1n) is 6.60. The van der Waals surface area contributed by atoms with Crippen molar-refractivity contribution in [3.8, 4) is 10.6 Å². The molecule has 1 aliphatic rings. The highest BCUT2D eigenvalue weighted by molar-refractivity contribution is 7.15. The molecule has 2 aromatic rings. The number of fused-ring (bicyclic) bond motifs is 1. The van der Waals surface area contributed by atoms with E-state index in [1.54, 1.807) is 0 Å². The Hall–Kier alpha value is -1.35. The first-order valence-corrected chi connectivity index (χ1v) is 7.42. The molecule has 2 N–H and O–H groups in total. The van der Waals surface area contributed by atoms with E-state index in [9.17, 15) is 0 Å². The largest absolute Gasteiger partial charge is 0.399 e. The molecule has 0 saturated carbocycles. The van der Waals surface area contributed by atoms with Crippen molar-refractivity contribution >= 4 is 17.0 Å². The minimum atomic E-state index is 0.811. The normalized spacial score (nSPS) is 18.6. The smallest absolute Gasteiger partial charge is 0.123 e. The van der Waals surface area contributed by atoms with Crippen molar-refractivity contribution in [2.75, 3.05) is 5.73 Å². The van der Waals surface area contributed by atoms with Crippen LogP contribution in [0.3, 0.4) is 0 Å². The fourth-order valence-corrected chi connectivity index (χ4v) is 3.77. The van der Waals surface area contributed by atoms with Crippen LogP contribution in [-0.4, -0.2) is 4.98 Å². The lowest BCUT2D eigenvalue weighted by molar-refractivity contribution is 0.446. The van der Waals surface area contributed by atoms with Gasteiger partial charge in [-0.05, 0) is 49.4 Å². The lowest BCUT2D eigenvalue weighted by atomic mass is 9.89. The van der Waals surface area contributed by atoms with Crippen LogP contribution in [0.15, 0.2) is 24.3 Å². The van der Waals surface area contributed by atoms with Crippen LogP contribution in [0.5, 0.6) is 0 Å². The number of nitrogens with zero attached hydrogens (tertiary/aromatic N) is 1. The number of hydrogen-bond donors (Lipinski definition) is 1. The SMILES string of the molecule is CCC1CCc2nc(-c3ccc(N)cc3)sc2C1. The molecule has 1 unspecified atom stereocenters. The van der Waals surface area contributed by atoms with Crippen molar-refractivity contribution in [1.82, 2.24) is 4.98 Å². The Balaban J connectivity index is 1.91. The molecule has 2 nitrogen and oxygen atoms in total. The molecule has 0 fully saturated rings. The van der Waals surface area contributed by atoms with Gasteiger partial charge < -0.3 is 5.73 Å². The number of nitrogens with two attached hydrogens (primary N) is 1. The van der Waals surface area contributed by atoms with E-state index < -0.39 is 0 Å². The van der Waals surface area contributed by atoms with Crippen LogP contribution in [0.2, 0.25) is 0 Å². The van der Waals surface area contributed by atoms with Crippen LogP contribution in [0.1, 0.15) is 30.3 Å². The number of anilines is 1. The molecule has 1 heterocycles.